The van der Waals surface area contributed by atoms with Crippen molar-refractivity contribution in [3.63, 3.8) is 0 Å². The molecule has 2 saturated carbocycles. The molecule has 0 saturated heterocycles. The van der Waals surface area contributed by atoms with E-state index in [1.165, 1.54) is 41.3 Å². The fourth-order valence-electron chi connectivity index (χ4n) is 19.3. The zero-order chi connectivity index (χ0) is 105. The summed E-state index contributed by atoms with van der Waals surface area (Å²) in [5, 5.41) is 8.39. The van der Waals surface area contributed by atoms with E-state index in [2.05, 4.69) is 107 Å². The van der Waals surface area contributed by atoms with E-state index in [9.17, 15) is 58.7 Å². The Morgan fingerprint density at radius 3 is 1.23 bits per heavy atom. The number of hydrogen-bond acceptors (Lipinski definition) is 19. The minimum Gasteiger partial charge on any atom is -0.333 e. The molecular formula is C108H110F9N27O4. The van der Waals surface area contributed by atoms with Gasteiger partial charge in [-0.25, -0.2) is 73.7 Å². The van der Waals surface area contributed by atoms with Crippen LogP contribution in [0.3, 0.4) is 0 Å². The van der Waals surface area contributed by atoms with Crippen LogP contribution in [0.5, 0.6) is 0 Å². The van der Waals surface area contributed by atoms with E-state index < -0.39 is 41.7 Å². The highest BCUT2D eigenvalue weighted by molar-refractivity contribution is 5.78. The highest BCUT2D eigenvalue weighted by atomic mass is 19.4. The molecule has 0 aliphatic heterocycles. The molecule has 1 atom stereocenters. The van der Waals surface area contributed by atoms with Gasteiger partial charge in [-0.1, -0.05) is 140 Å². The van der Waals surface area contributed by atoms with Gasteiger partial charge in [-0.3, -0.25) is 56.2 Å². The second kappa shape index (κ2) is 40.7. The Morgan fingerprint density at radius 1 is 0.378 bits per heavy atom. The van der Waals surface area contributed by atoms with E-state index in [0.717, 1.165) is 130 Å². The normalized spacial score (nSPS) is 14.4. The first-order valence-corrected chi connectivity index (χ1v) is 48.8. The minimum atomic E-state index is -4.52. The standard InChI is InChI=1S/C28H26F3N7O.C27H26F3N7O.C27H34N6O.C26H24F3N7O/c1-16(2)23-20(5-4-12-32-23)24-33-13-21-26(35-24)38(27(39)36(21)3)14-17-6-8-18(9-7-17)25-34-22(28(29,30)31)15-37(25)19-10-11-19;1-15(2)22-19(7-6-12-31-22)23-32-13-20-25(34-23)37(26(38)36(20)5)16(3)17-8-10-18(11-9-17)24-33-21(14-35(24)4)27(28,29)30;1-17(2)22-8-6-7-9-23(22)25-28-15-24-26(29-25)32(27(34)31(24)5)16-20-10-12-21(13-11-20)33-19(4)14-18(3)30-33;1-15(2)22-19(6-5-11-30-22)23-31-13-20-24(32-23)35(25(37)34(20)4)14-17-7-9-18(10-8-17)36-16(3)12-21(33-36)26(27,28)29/h4-9,12-13,15-16,19H,10-11,14H2,1-3H3;6-16H,1-5H3;6-9,14-15,17,20-21H,10-13,16H2,1-5H3;5-13,15H,14H2,1-4H3/t;16-;;/m.1../s1. The zero-order valence-corrected chi connectivity index (χ0v) is 84.6. The molecule has 2 aliphatic rings. The first kappa shape index (κ1) is 102. The number of imidazole rings is 6. The number of aryl methyl sites for hydroxylation is 8. The highest BCUT2D eigenvalue weighted by Gasteiger charge is 2.40. The maximum atomic E-state index is 13.3. The number of aromatic nitrogens is 27. The molecule has 0 spiro atoms. The van der Waals surface area contributed by atoms with E-state index in [-0.39, 0.29) is 65.5 Å². The van der Waals surface area contributed by atoms with Crippen LogP contribution in [0.4, 0.5) is 39.5 Å². The second-order valence-electron chi connectivity index (χ2n) is 39.1. The smallest absolute Gasteiger partial charge is 0.333 e. The lowest BCUT2D eigenvalue weighted by molar-refractivity contribution is -0.142. The van der Waals surface area contributed by atoms with E-state index in [0.29, 0.717) is 110 Å². The van der Waals surface area contributed by atoms with Gasteiger partial charge < -0.3 is 9.13 Å². The van der Waals surface area contributed by atoms with Gasteiger partial charge in [0.15, 0.2) is 63.0 Å². The van der Waals surface area contributed by atoms with Crippen LogP contribution in [0.2, 0.25) is 0 Å². The van der Waals surface area contributed by atoms with Gasteiger partial charge in [-0.2, -0.15) is 49.7 Å². The molecule has 21 rings (SSSR count). The van der Waals surface area contributed by atoms with E-state index in [1.807, 2.05) is 103 Å². The van der Waals surface area contributed by atoms with Gasteiger partial charge in [0.2, 0.25) is 0 Å². The average molecular weight is 2020 g/mol. The Bertz CT molecular complexity index is 8430. The van der Waals surface area contributed by atoms with Gasteiger partial charge in [0.1, 0.15) is 33.7 Å². The third kappa shape index (κ3) is 20.5. The Labute approximate surface area is 843 Å². The summed E-state index contributed by atoms with van der Waals surface area (Å²) in [6.07, 6.45) is 6.46. The Hall–Kier alpha value is -16.1. The van der Waals surface area contributed by atoms with Crippen molar-refractivity contribution in [2.24, 2.45) is 41.2 Å². The predicted molar refractivity (Wildman–Crippen MR) is 545 cm³/mol. The van der Waals surface area contributed by atoms with Crippen LogP contribution < -0.4 is 22.8 Å². The second-order valence-corrected chi connectivity index (χ2v) is 39.1. The fraction of sp³-hybridized carbons (Fsp3) is 0.343. The molecule has 19 aromatic rings. The maximum Gasteiger partial charge on any atom is 0.435 e. The molecule has 764 valence electrons. The number of fused-ring (bicyclic) bond motifs is 4. The Kier molecular flexibility index (Phi) is 28.1. The molecule has 15 heterocycles. The van der Waals surface area contributed by atoms with Crippen molar-refractivity contribution in [2.75, 3.05) is 0 Å². The van der Waals surface area contributed by atoms with Crippen LogP contribution in [-0.4, -0.2) is 130 Å². The van der Waals surface area contributed by atoms with Crippen molar-refractivity contribution in [3.8, 4) is 74.0 Å². The van der Waals surface area contributed by atoms with Crippen LogP contribution in [-0.2, 0) is 73.4 Å². The lowest BCUT2D eigenvalue weighted by atomic mass is 9.86. The van der Waals surface area contributed by atoms with Gasteiger partial charge in [-0.05, 0) is 179 Å². The van der Waals surface area contributed by atoms with Gasteiger partial charge in [0.05, 0.1) is 78.4 Å². The van der Waals surface area contributed by atoms with Crippen molar-refractivity contribution in [2.45, 2.75) is 202 Å². The predicted octanol–water partition coefficient (Wildman–Crippen LogP) is 21.0. The lowest BCUT2D eigenvalue weighted by Gasteiger charge is -2.29. The molecule has 40 heteroatoms. The van der Waals surface area contributed by atoms with Crippen molar-refractivity contribution in [1.29, 1.82) is 0 Å². The molecule has 0 bridgehead atoms. The first-order chi connectivity index (χ1) is 70.5. The topological polar surface area (TPSA) is 321 Å². The number of rotatable bonds is 21. The van der Waals surface area contributed by atoms with E-state index in [4.69, 9.17) is 25.0 Å². The summed E-state index contributed by atoms with van der Waals surface area (Å²) in [4.78, 5) is 111. The van der Waals surface area contributed by atoms with Crippen LogP contribution in [0.1, 0.15) is 216 Å². The number of halogens is 9. The molecule has 148 heavy (non-hydrogen) atoms. The first-order valence-electron chi connectivity index (χ1n) is 48.8. The number of benzene rings is 4. The van der Waals surface area contributed by atoms with E-state index >= 15 is 0 Å². The summed E-state index contributed by atoms with van der Waals surface area (Å²) in [6.45, 7) is 25.4. The maximum absolute atomic E-state index is 13.3. The van der Waals surface area contributed by atoms with Gasteiger partial charge in [0.25, 0.3) is 0 Å². The van der Waals surface area contributed by atoms with Crippen molar-refractivity contribution < 1.29 is 39.5 Å². The molecule has 0 amide bonds. The summed E-state index contributed by atoms with van der Waals surface area (Å²) < 4.78 is 138. The molecule has 0 radical (unpaired) electrons. The molecule has 15 aromatic heterocycles. The molecule has 2 fully saturated rings. The summed E-state index contributed by atoms with van der Waals surface area (Å²) in [7, 11) is 8.34. The Morgan fingerprint density at radius 2 is 0.784 bits per heavy atom. The average Bonchev–Trinajstić information content (AvgIpc) is 1.60. The zero-order valence-electron chi connectivity index (χ0n) is 84.6. The molecule has 2 aliphatic carbocycles. The third-order valence-electron chi connectivity index (χ3n) is 27.3. The largest absolute Gasteiger partial charge is 0.435 e. The monoisotopic (exact) mass is 2020 g/mol. The van der Waals surface area contributed by atoms with Crippen molar-refractivity contribution >= 4 is 44.7 Å². The molecule has 31 nitrogen and oxygen atoms in total. The summed E-state index contributed by atoms with van der Waals surface area (Å²) >= 11 is 0. The minimum absolute atomic E-state index is 0.0146. The lowest BCUT2D eigenvalue weighted by Crippen LogP contribution is -2.28. The van der Waals surface area contributed by atoms with Gasteiger partial charge >= 0.3 is 41.3 Å². The summed E-state index contributed by atoms with van der Waals surface area (Å²) in [5.74, 6) is 3.95. The van der Waals surface area contributed by atoms with Crippen LogP contribution in [0, 0.1) is 26.7 Å². The quantitative estimate of drug-likeness (QED) is 0.0603. The summed E-state index contributed by atoms with van der Waals surface area (Å²) in [5.41, 5.74) is 15.2. The number of pyridine rings is 3. The molecule has 0 N–H and O–H groups in total. The highest BCUT2D eigenvalue weighted by Crippen LogP contribution is 2.43. The summed E-state index contributed by atoms with van der Waals surface area (Å²) in [6, 6.07) is 43.7. The van der Waals surface area contributed by atoms with E-state index in [1.54, 1.807) is 167 Å². The van der Waals surface area contributed by atoms with Gasteiger partial charge in [-0.15, -0.1) is 0 Å². The molecule has 4 aromatic carbocycles. The van der Waals surface area contributed by atoms with Crippen LogP contribution in [0.25, 0.3) is 119 Å². The number of nitrogens with zero attached hydrogens (tertiary/aromatic N) is 27. The van der Waals surface area contributed by atoms with Crippen LogP contribution >= 0.6 is 0 Å². The molecular weight excluding hydrogens is 1910 g/mol. The SMILES string of the molecule is CC(C)c1ncccc1-c1ncc2c(n1)n(Cc1ccc(-c3nc(C(F)(F)F)cn3C3CC3)cc1)c(=O)n2C.CC(C)c1ncccc1-c1ncc2c(n1)n([C@H](C)c1ccc(-c3nc(C(F)(F)F)cn3C)cc1)c(=O)n2C.Cc1cc(C(F)(F)F)nn1-c1ccc(Cn2c(=O)n(C)c3cnc(-c4cccnc4C(C)C)nc32)cc1.Cc1cc(C)n(C2CCC(Cn3c(=O)n(C)c4cnc(-c5ccccc5C(C)C)nc43)CC2)n1. The number of hydrogen-bond donors (Lipinski definition) is 0. The van der Waals surface area contributed by atoms with Crippen LogP contribution in [0.15, 0.2) is 221 Å². The third-order valence-corrected chi connectivity index (χ3v) is 27.3. The van der Waals surface area contributed by atoms with Crippen molar-refractivity contribution in [1.82, 2.24) is 130 Å². The van der Waals surface area contributed by atoms with Gasteiger partial charge in [0, 0.05) is 124 Å². The molecule has 0 unspecified atom stereocenters. The van der Waals surface area contributed by atoms with Crippen molar-refractivity contribution in [3.05, 3.63) is 317 Å². The fourth-order valence-corrected chi connectivity index (χ4v) is 19.3. The Balaban J connectivity index is 0.000000129. The number of alkyl halides is 9.